The molecule has 1 aromatic carbocycles. The highest BCUT2D eigenvalue weighted by Crippen LogP contribution is 2.33. The van der Waals surface area contributed by atoms with E-state index in [4.69, 9.17) is 46.4 Å². The molecule has 0 bridgehead atoms. The Labute approximate surface area is 117 Å². The molecule has 0 aliphatic rings. The molecular formula is C9H6Cl4N2O2. The van der Waals surface area contributed by atoms with Crippen molar-refractivity contribution in [3.8, 4) is 0 Å². The summed E-state index contributed by atoms with van der Waals surface area (Å²) in [5.74, 6) is -0.777. The standard InChI is InChI=1S/C9H6Cl4N2O2/c1-17-9(16)8(13)15-14-7-5(11)2-4(10)3-6(7)12/h2-3,14H,1H3. The summed E-state index contributed by atoms with van der Waals surface area (Å²) >= 11 is 23.0. The summed E-state index contributed by atoms with van der Waals surface area (Å²) in [6.07, 6.45) is 0. The molecule has 1 aromatic rings. The molecule has 4 nitrogen and oxygen atoms in total. The molecule has 1 rings (SSSR count). The number of esters is 1. The van der Waals surface area contributed by atoms with Crippen LogP contribution in [0.4, 0.5) is 5.69 Å². The molecule has 8 heteroatoms. The van der Waals surface area contributed by atoms with E-state index in [1.807, 2.05) is 0 Å². The SMILES string of the molecule is COC(=O)C(Cl)=NNc1c(Cl)cc(Cl)cc1Cl. The summed E-state index contributed by atoms with van der Waals surface area (Å²) in [6, 6.07) is 2.94. The molecular weight excluding hydrogens is 310 g/mol. The van der Waals surface area contributed by atoms with Crippen LogP contribution in [-0.2, 0) is 9.53 Å². The molecule has 0 radical (unpaired) electrons. The lowest BCUT2D eigenvalue weighted by atomic mass is 10.3. The largest absolute Gasteiger partial charge is 0.464 e. The molecule has 0 fully saturated rings. The first-order valence-corrected chi connectivity index (χ1v) is 5.69. The number of ether oxygens (including phenoxy) is 1. The van der Waals surface area contributed by atoms with Crippen molar-refractivity contribution in [3.63, 3.8) is 0 Å². The second-order valence-electron chi connectivity index (χ2n) is 2.75. The van der Waals surface area contributed by atoms with Crippen molar-refractivity contribution < 1.29 is 9.53 Å². The van der Waals surface area contributed by atoms with Gasteiger partial charge in [0.2, 0.25) is 5.17 Å². The van der Waals surface area contributed by atoms with Gasteiger partial charge in [-0.25, -0.2) is 4.79 Å². The van der Waals surface area contributed by atoms with E-state index in [1.54, 1.807) is 0 Å². The first-order chi connectivity index (χ1) is 7.95. The van der Waals surface area contributed by atoms with Crippen molar-refractivity contribution in [2.75, 3.05) is 12.5 Å². The Morgan fingerprint density at radius 1 is 1.29 bits per heavy atom. The van der Waals surface area contributed by atoms with Gasteiger partial charge in [0, 0.05) is 5.02 Å². The van der Waals surface area contributed by atoms with Crippen LogP contribution in [0.25, 0.3) is 0 Å². The smallest absolute Gasteiger partial charge is 0.370 e. The number of hydrazone groups is 1. The predicted octanol–water partition coefficient (Wildman–Crippen LogP) is 3.78. The third kappa shape index (κ3) is 3.92. The average molecular weight is 316 g/mol. The summed E-state index contributed by atoms with van der Waals surface area (Å²) in [5.41, 5.74) is 2.75. The van der Waals surface area contributed by atoms with E-state index >= 15 is 0 Å². The fourth-order valence-corrected chi connectivity index (χ4v) is 1.90. The fourth-order valence-electron chi connectivity index (χ4n) is 0.884. The van der Waals surface area contributed by atoms with Crippen LogP contribution in [0.5, 0.6) is 0 Å². The first-order valence-electron chi connectivity index (χ1n) is 4.17. The molecule has 0 aliphatic carbocycles. The normalized spacial score (nSPS) is 11.2. The lowest BCUT2D eigenvalue weighted by Gasteiger charge is -2.06. The van der Waals surface area contributed by atoms with Gasteiger partial charge in [-0.1, -0.05) is 46.4 Å². The maximum absolute atomic E-state index is 10.9. The van der Waals surface area contributed by atoms with Crippen LogP contribution < -0.4 is 5.43 Å². The van der Waals surface area contributed by atoms with E-state index in [0.717, 1.165) is 0 Å². The average Bonchev–Trinajstić information content (AvgIpc) is 2.26. The van der Waals surface area contributed by atoms with Crippen molar-refractivity contribution in [2.45, 2.75) is 0 Å². The maximum atomic E-state index is 10.9. The number of methoxy groups -OCH3 is 1. The molecule has 0 aromatic heterocycles. The van der Waals surface area contributed by atoms with E-state index in [2.05, 4.69) is 15.3 Å². The Kier molecular flexibility index (Phi) is 5.33. The molecule has 0 aliphatic heterocycles. The van der Waals surface area contributed by atoms with Gasteiger partial charge in [-0.3, -0.25) is 5.43 Å². The van der Waals surface area contributed by atoms with Crippen LogP contribution in [0.1, 0.15) is 0 Å². The molecule has 0 heterocycles. The Balaban J connectivity index is 2.93. The second kappa shape index (κ2) is 6.31. The lowest BCUT2D eigenvalue weighted by molar-refractivity contribution is -0.132. The van der Waals surface area contributed by atoms with Crippen molar-refractivity contribution >= 4 is 63.2 Å². The Hall–Kier alpha value is -0.680. The molecule has 17 heavy (non-hydrogen) atoms. The fraction of sp³-hybridized carbons (Fsp3) is 0.111. The number of hydrogen-bond donors (Lipinski definition) is 1. The van der Waals surface area contributed by atoms with Gasteiger partial charge in [0.15, 0.2) is 0 Å². The Morgan fingerprint density at radius 2 is 1.82 bits per heavy atom. The number of carbonyl (C=O) groups is 1. The summed E-state index contributed by atoms with van der Waals surface area (Å²) in [6.45, 7) is 0. The number of nitrogens with one attached hydrogen (secondary N) is 1. The van der Waals surface area contributed by atoms with Crippen LogP contribution >= 0.6 is 46.4 Å². The molecule has 0 saturated heterocycles. The minimum Gasteiger partial charge on any atom is -0.464 e. The van der Waals surface area contributed by atoms with Gasteiger partial charge in [0.1, 0.15) is 0 Å². The summed E-state index contributed by atoms with van der Waals surface area (Å²) < 4.78 is 4.35. The summed E-state index contributed by atoms with van der Waals surface area (Å²) in [5, 5.41) is 4.07. The van der Waals surface area contributed by atoms with Gasteiger partial charge in [0.25, 0.3) is 0 Å². The van der Waals surface area contributed by atoms with Crippen molar-refractivity contribution in [3.05, 3.63) is 27.2 Å². The third-order valence-electron chi connectivity index (χ3n) is 1.63. The van der Waals surface area contributed by atoms with Gasteiger partial charge in [0.05, 0.1) is 22.8 Å². The number of nitrogens with zero attached hydrogens (tertiary/aromatic N) is 1. The van der Waals surface area contributed by atoms with E-state index in [-0.39, 0.29) is 15.2 Å². The third-order valence-corrected chi connectivity index (χ3v) is 2.68. The quantitative estimate of drug-likeness (QED) is 0.524. The topological polar surface area (TPSA) is 50.7 Å². The Morgan fingerprint density at radius 3 is 2.29 bits per heavy atom. The highest BCUT2D eigenvalue weighted by Gasteiger charge is 2.10. The van der Waals surface area contributed by atoms with Crippen LogP contribution in [-0.4, -0.2) is 18.2 Å². The molecule has 0 saturated carbocycles. The van der Waals surface area contributed by atoms with Gasteiger partial charge in [-0.05, 0) is 12.1 Å². The van der Waals surface area contributed by atoms with Gasteiger partial charge in [-0.2, -0.15) is 5.10 Å². The first kappa shape index (κ1) is 14.4. The van der Waals surface area contributed by atoms with Gasteiger partial charge >= 0.3 is 5.97 Å². The molecule has 92 valence electrons. The number of benzene rings is 1. The van der Waals surface area contributed by atoms with Crippen LogP contribution in [0, 0.1) is 0 Å². The van der Waals surface area contributed by atoms with E-state index < -0.39 is 5.97 Å². The van der Waals surface area contributed by atoms with Gasteiger partial charge < -0.3 is 4.74 Å². The van der Waals surface area contributed by atoms with Crippen molar-refractivity contribution in [1.29, 1.82) is 0 Å². The number of anilines is 1. The number of rotatable bonds is 3. The number of halogens is 4. The zero-order valence-electron chi connectivity index (χ0n) is 8.43. The zero-order chi connectivity index (χ0) is 13.0. The lowest BCUT2D eigenvalue weighted by Crippen LogP contribution is -2.11. The number of carbonyl (C=O) groups excluding carboxylic acids is 1. The van der Waals surface area contributed by atoms with E-state index in [1.165, 1.54) is 19.2 Å². The van der Waals surface area contributed by atoms with Crippen LogP contribution in [0.15, 0.2) is 17.2 Å². The minimum absolute atomic E-state index is 0.251. The summed E-state index contributed by atoms with van der Waals surface area (Å²) in [7, 11) is 1.18. The summed E-state index contributed by atoms with van der Waals surface area (Å²) in [4.78, 5) is 10.9. The zero-order valence-corrected chi connectivity index (χ0v) is 11.5. The monoisotopic (exact) mass is 314 g/mol. The minimum atomic E-state index is -0.777. The highest BCUT2D eigenvalue weighted by atomic mass is 35.5. The molecule has 0 amide bonds. The molecule has 1 N–H and O–H groups in total. The maximum Gasteiger partial charge on any atom is 0.370 e. The van der Waals surface area contributed by atoms with Gasteiger partial charge in [-0.15, -0.1) is 0 Å². The van der Waals surface area contributed by atoms with Crippen LogP contribution in [0.2, 0.25) is 15.1 Å². The predicted molar refractivity (Wildman–Crippen MR) is 70.4 cm³/mol. The van der Waals surface area contributed by atoms with E-state index in [9.17, 15) is 4.79 Å². The van der Waals surface area contributed by atoms with Crippen molar-refractivity contribution in [2.24, 2.45) is 5.10 Å². The second-order valence-corrected chi connectivity index (χ2v) is 4.36. The Bertz CT molecular complexity index is 453. The molecule has 0 atom stereocenters. The molecule has 0 spiro atoms. The number of hydrogen-bond acceptors (Lipinski definition) is 4. The van der Waals surface area contributed by atoms with Crippen LogP contribution in [0.3, 0.4) is 0 Å². The van der Waals surface area contributed by atoms with Crippen molar-refractivity contribution in [1.82, 2.24) is 0 Å². The highest BCUT2D eigenvalue weighted by molar-refractivity contribution is 6.82. The van der Waals surface area contributed by atoms with E-state index in [0.29, 0.717) is 10.7 Å². The molecule has 0 unspecified atom stereocenters.